The molecule has 19 heavy (non-hydrogen) atoms. The second-order valence-corrected chi connectivity index (χ2v) is 4.28. The largest absolute Gasteiger partial charge is 0.504 e. The number of aromatic hydroxyl groups is 3. The molecule has 1 aromatic rings. The van der Waals surface area contributed by atoms with E-state index in [0.717, 1.165) is 12.8 Å². The van der Waals surface area contributed by atoms with Crippen molar-refractivity contribution in [1.82, 2.24) is 4.90 Å². The van der Waals surface area contributed by atoms with Gasteiger partial charge in [0.05, 0.1) is 5.69 Å². The summed E-state index contributed by atoms with van der Waals surface area (Å²) in [6.45, 7) is 5.23. The highest BCUT2D eigenvalue weighted by molar-refractivity contribution is 5.90. The van der Waals surface area contributed by atoms with Crippen molar-refractivity contribution in [1.29, 1.82) is 0 Å². The van der Waals surface area contributed by atoms with Gasteiger partial charge in [-0.15, -0.1) is 0 Å². The van der Waals surface area contributed by atoms with Crippen molar-refractivity contribution in [2.24, 2.45) is 0 Å². The first-order valence-corrected chi connectivity index (χ1v) is 6.30. The number of phenols is 3. The molecule has 0 bridgehead atoms. The van der Waals surface area contributed by atoms with Crippen LogP contribution in [0.3, 0.4) is 0 Å². The molecule has 0 aromatic heterocycles. The number of anilines is 1. The number of nitrogens with zero attached hydrogens (tertiary/aromatic N) is 1. The number of urea groups is 1. The number of nitrogens with one attached hydrogen (secondary N) is 1. The first-order chi connectivity index (χ1) is 8.99. The predicted molar refractivity (Wildman–Crippen MR) is 72.6 cm³/mol. The monoisotopic (exact) mass is 268 g/mol. The van der Waals surface area contributed by atoms with Gasteiger partial charge in [-0.2, -0.15) is 0 Å². The molecule has 0 spiro atoms. The van der Waals surface area contributed by atoms with Crippen LogP contribution in [-0.2, 0) is 0 Å². The normalized spacial score (nSPS) is 10.2. The van der Waals surface area contributed by atoms with Crippen LogP contribution in [0.2, 0.25) is 0 Å². The van der Waals surface area contributed by atoms with Crippen molar-refractivity contribution in [3.8, 4) is 17.2 Å². The zero-order chi connectivity index (χ0) is 14.4. The summed E-state index contributed by atoms with van der Waals surface area (Å²) in [5.41, 5.74) is 0.231. The summed E-state index contributed by atoms with van der Waals surface area (Å²) in [5, 5.41) is 30.5. The highest BCUT2D eigenvalue weighted by Crippen LogP contribution is 2.37. The van der Waals surface area contributed by atoms with Gasteiger partial charge in [-0.25, -0.2) is 4.79 Å². The van der Waals surface area contributed by atoms with Crippen LogP contribution in [-0.4, -0.2) is 39.3 Å². The third kappa shape index (κ3) is 3.94. The van der Waals surface area contributed by atoms with E-state index in [9.17, 15) is 20.1 Å². The van der Waals surface area contributed by atoms with Crippen LogP contribution in [0.25, 0.3) is 0 Å². The van der Waals surface area contributed by atoms with E-state index >= 15 is 0 Å². The number of rotatable bonds is 5. The van der Waals surface area contributed by atoms with Crippen molar-refractivity contribution in [2.75, 3.05) is 18.4 Å². The summed E-state index contributed by atoms with van der Waals surface area (Å²) in [7, 11) is 0. The Labute approximate surface area is 112 Å². The van der Waals surface area contributed by atoms with Gasteiger partial charge >= 0.3 is 6.03 Å². The molecule has 6 heteroatoms. The van der Waals surface area contributed by atoms with E-state index in [-0.39, 0.29) is 11.7 Å². The summed E-state index contributed by atoms with van der Waals surface area (Å²) in [5.74, 6) is -1.56. The molecule has 106 valence electrons. The number of phenolic OH excluding ortho intramolecular Hbond substituents is 3. The van der Waals surface area contributed by atoms with Gasteiger partial charge in [-0.1, -0.05) is 13.8 Å². The van der Waals surface area contributed by atoms with Crippen molar-refractivity contribution in [3.63, 3.8) is 0 Å². The first-order valence-electron chi connectivity index (χ1n) is 6.30. The number of carbonyl (C=O) groups excluding carboxylic acids is 1. The van der Waals surface area contributed by atoms with Gasteiger partial charge < -0.3 is 25.5 Å². The molecule has 6 nitrogen and oxygen atoms in total. The third-order valence-electron chi connectivity index (χ3n) is 2.60. The topological polar surface area (TPSA) is 93.0 Å². The summed E-state index contributed by atoms with van der Waals surface area (Å²) < 4.78 is 0. The summed E-state index contributed by atoms with van der Waals surface area (Å²) in [6.07, 6.45) is 1.69. The van der Waals surface area contributed by atoms with Gasteiger partial charge in [0.2, 0.25) is 0 Å². The molecule has 0 saturated carbocycles. The molecule has 0 atom stereocenters. The maximum atomic E-state index is 12.0. The molecule has 0 saturated heterocycles. The average molecular weight is 268 g/mol. The maximum absolute atomic E-state index is 12.0. The minimum atomic E-state index is -0.600. The minimum absolute atomic E-state index is 0.231. The fourth-order valence-corrected chi connectivity index (χ4v) is 1.73. The van der Waals surface area contributed by atoms with E-state index in [1.165, 1.54) is 12.1 Å². The molecule has 4 N–H and O–H groups in total. The van der Waals surface area contributed by atoms with Gasteiger partial charge in [-0.3, -0.25) is 0 Å². The number of benzene rings is 1. The Morgan fingerprint density at radius 1 is 1.11 bits per heavy atom. The van der Waals surface area contributed by atoms with Gasteiger partial charge in [-0.05, 0) is 12.8 Å². The second kappa shape index (κ2) is 6.72. The molecule has 0 unspecified atom stereocenters. The van der Waals surface area contributed by atoms with E-state index in [1.54, 1.807) is 4.90 Å². The molecular weight excluding hydrogens is 248 g/mol. The highest BCUT2D eigenvalue weighted by Gasteiger charge is 2.14. The lowest BCUT2D eigenvalue weighted by Crippen LogP contribution is -2.36. The first kappa shape index (κ1) is 14.9. The number of amides is 2. The summed E-state index contributed by atoms with van der Waals surface area (Å²) in [4.78, 5) is 13.6. The van der Waals surface area contributed by atoms with Crippen molar-refractivity contribution in [3.05, 3.63) is 12.1 Å². The van der Waals surface area contributed by atoms with Crippen LogP contribution in [0.4, 0.5) is 10.5 Å². The van der Waals surface area contributed by atoms with Gasteiger partial charge in [0, 0.05) is 25.2 Å². The fraction of sp³-hybridized carbons (Fsp3) is 0.462. The van der Waals surface area contributed by atoms with E-state index in [4.69, 9.17) is 0 Å². The molecule has 2 amide bonds. The number of hydrogen-bond donors (Lipinski definition) is 4. The molecule has 0 aliphatic heterocycles. The summed E-state index contributed by atoms with van der Waals surface area (Å²) >= 11 is 0. The van der Waals surface area contributed by atoms with Crippen LogP contribution >= 0.6 is 0 Å². The van der Waals surface area contributed by atoms with Crippen LogP contribution < -0.4 is 5.32 Å². The molecule has 1 rings (SSSR count). The Bertz CT molecular complexity index is 419. The Morgan fingerprint density at radius 3 is 2.00 bits per heavy atom. The van der Waals surface area contributed by atoms with Crippen LogP contribution in [0.1, 0.15) is 26.7 Å². The molecule has 0 radical (unpaired) electrons. The Kier molecular flexibility index (Phi) is 5.29. The lowest BCUT2D eigenvalue weighted by molar-refractivity contribution is 0.211. The highest BCUT2D eigenvalue weighted by atomic mass is 16.3. The molecule has 0 aliphatic rings. The molecular formula is C13H20N2O4. The van der Waals surface area contributed by atoms with E-state index in [0.29, 0.717) is 13.1 Å². The fourth-order valence-electron chi connectivity index (χ4n) is 1.73. The minimum Gasteiger partial charge on any atom is -0.504 e. The van der Waals surface area contributed by atoms with Crippen LogP contribution in [0, 0.1) is 0 Å². The zero-order valence-corrected chi connectivity index (χ0v) is 11.2. The lowest BCUT2D eigenvalue weighted by atomic mass is 10.2. The third-order valence-corrected chi connectivity index (χ3v) is 2.60. The van der Waals surface area contributed by atoms with Gasteiger partial charge in [0.25, 0.3) is 0 Å². The van der Waals surface area contributed by atoms with Crippen LogP contribution in [0.5, 0.6) is 17.2 Å². The lowest BCUT2D eigenvalue weighted by Gasteiger charge is -2.22. The van der Waals surface area contributed by atoms with Crippen molar-refractivity contribution >= 4 is 11.7 Å². The zero-order valence-electron chi connectivity index (χ0n) is 11.2. The smallest absolute Gasteiger partial charge is 0.321 e. The van der Waals surface area contributed by atoms with Crippen LogP contribution in [0.15, 0.2) is 12.1 Å². The second-order valence-electron chi connectivity index (χ2n) is 4.28. The van der Waals surface area contributed by atoms with Gasteiger partial charge in [0.15, 0.2) is 17.2 Å². The Balaban J connectivity index is 2.80. The van der Waals surface area contributed by atoms with Crippen molar-refractivity contribution < 1.29 is 20.1 Å². The molecule has 0 fully saturated rings. The number of hydrogen-bond acceptors (Lipinski definition) is 4. The SMILES string of the molecule is CCCN(CCC)C(=O)Nc1cc(O)c(O)c(O)c1. The molecule has 0 aliphatic carbocycles. The number of carbonyl (C=O) groups is 1. The maximum Gasteiger partial charge on any atom is 0.321 e. The standard InChI is InChI=1S/C13H20N2O4/c1-3-5-15(6-4-2)13(19)14-9-7-10(16)12(18)11(17)8-9/h7-8,16-18H,3-6H2,1-2H3,(H,14,19). The van der Waals surface area contributed by atoms with Gasteiger partial charge in [0.1, 0.15) is 0 Å². The summed E-state index contributed by atoms with van der Waals surface area (Å²) in [6, 6.07) is 2.07. The van der Waals surface area contributed by atoms with E-state index in [1.807, 2.05) is 13.8 Å². The van der Waals surface area contributed by atoms with E-state index < -0.39 is 17.2 Å². The Hall–Kier alpha value is -2.11. The quantitative estimate of drug-likeness (QED) is 0.487. The Morgan fingerprint density at radius 2 is 1.58 bits per heavy atom. The van der Waals surface area contributed by atoms with Crippen molar-refractivity contribution in [2.45, 2.75) is 26.7 Å². The van der Waals surface area contributed by atoms with E-state index in [2.05, 4.69) is 5.32 Å². The average Bonchev–Trinajstić information content (AvgIpc) is 2.35. The predicted octanol–water partition coefficient (Wildman–Crippen LogP) is 2.46. The molecule has 1 aromatic carbocycles. The molecule has 0 heterocycles.